The molecule has 2 N–H and O–H groups in total. The fourth-order valence-corrected chi connectivity index (χ4v) is 4.14. The fraction of sp³-hybridized carbons (Fsp3) is 0.391. The Morgan fingerprint density at radius 1 is 1.06 bits per heavy atom. The van der Waals surface area contributed by atoms with Gasteiger partial charge < -0.3 is 10.6 Å². The lowest BCUT2D eigenvalue weighted by molar-refractivity contribution is -0.383. The molecule has 0 aliphatic carbocycles. The number of aromatic nitrogens is 2. The third-order valence-corrected chi connectivity index (χ3v) is 5.72. The molecule has 8 nitrogen and oxygen atoms in total. The number of hydrogen-bond donors (Lipinski definition) is 2. The van der Waals surface area contributed by atoms with Crippen molar-refractivity contribution in [1.82, 2.24) is 14.9 Å². The fourth-order valence-electron chi connectivity index (χ4n) is 4.14. The predicted molar refractivity (Wildman–Crippen MR) is 123 cm³/mol. The number of likely N-dealkylation sites (tertiary alicyclic amines) is 1. The maximum absolute atomic E-state index is 11.6. The molecule has 1 fully saturated rings. The SMILES string of the molecule is CCNc1cc2ncnc(NCc3ccccc3CN3CCCCC3)c2cc1[N+](=O)[O-]. The molecule has 0 amide bonds. The van der Waals surface area contributed by atoms with Gasteiger partial charge in [-0.25, -0.2) is 9.97 Å². The maximum atomic E-state index is 11.6. The number of nitro groups is 1. The number of benzene rings is 2. The first kappa shape index (κ1) is 21.0. The smallest absolute Gasteiger partial charge is 0.293 e. The normalized spacial score (nSPS) is 14.5. The number of fused-ring (bicyclic) bond motifs is 1. The highest BCUT2D eigenvalue weighted by Gasteiger charge is 2.18. The van der Waals surface area contributed by atoms with Gasteiger partial charge in [0, 0.05) is 31.1 Å². The minimum atomic E-state index is -0.373. The Kier molecular flexibility index (Phi) is 6.57. The van der Waals surface area contributed by atoms with Crippen LogP contribution in [0.1, 0.15) is 37.3 Å². The molecule has 0 bridgehead atoms. The van der Waals surface area contributed by atoms with Crippen molar-refractivity contribution in [2.45, 2.75) is 39.3 Å². The summed E-state index contributed by atoms with van der Waals surface area (Å²) in [5, 5.41) is 18.6. The topological polar surface area (TPSA) is 96.2 Å². The first-order valence-corrected chi connectivity index (χ1v) is 10.9. The van der Waals surface area contributed by atoms with Crippen LogP contribution >= 0.6 is 0 Å². The van der Waals surface area contributed by atoms with Crippen molar-refractivity contribution >= 4 is 28.1 Å². The van der Waals surface area contributed by atoms with Gasteiger partial charge in [-0.05, 0) is 50.0 Å². The third-order valence-electron chi connectivity index (χ3n) is 5.72. The zero-order valence-electron chi connectivity index (χ0n) is 17.8. The van der Waals surface area contributed by atoms with Gasteiger partial charge in [-0.3, -0.25) is 15.0 Å². The molecule has 162 valence electrons. The second-order valence-electron chi connectivity index (χ2n) is 7.86. The standard InChI is InChI=1S/C23H28N6O2/c1-2-24-21-13-20-19(12-22(21)29(30)31)23(27-16-26-20)25-14-17-8-4-5-9-18(17)15-28-10-6-3-7-11-28/h4-5,8-9,12-13,16,24H,2-3,6-7,10-11,14-15H2,1H3,(H,25,26,27). The average Bonchev–Trinajstić information content (AvgIpc) is 2.79. The summed E-state index contributed by atoms with van der Waals surface area (Å²) in [6.45, 7) is 6.34. The molecule has 2 aromatic carbocycles. The maximum Gasteiger partial charge on any atom is 0.293 e. The molecule has 8 heteroatoms. The van der Waals surface area contributed by atoms with E-state index in [1.165, 1.54) is 36.7 Å². The van der Waals surface area contributed by atoms with E-state index in [-0.39, 0.29) is 10.6 Å². The Labute approximate surface area is 181 Å². The lowest BCUT2D eigenvalue weighted by Crippen LogP contribution is -2.29. The van der Waals surface area contributed by atoms with E-state index < -0.39 is 0 Å². The lowest BCUT2D eigenvalue weighted by atomic mass is 10.0. The van der Waals surface area contributed by atoms with E-state index in [4.69, 9.17) is 0 Å². The lowest BCUT2D eigenvalue weighted by Gasteiger charge is -2.27. The molecule has 2 heterocycles. The minimum Gasteiger partial charge on any atom is -0.380 e. The van der Waals surface area contributed by atoms with Crippen molar-refractivity contribution < 1.29 is 4.92 Å². The zero-order chi connectivity index (χ0) is 21.6. The van der Waals surface area contributed by atoms with E-state index in [2.05, 4.69) is 43.7 Å². The van der Waals surface area contributed by atoms with Crippen molar-refractivity contribution in [3.8, 4) is 0 Å². The Bertz CT molecular complexity index is 1070. The van der Waals surface area contributed by atoms with Crippen molar-refractivity contribution in [1.29, 1.82) is 0 Å². The minimum absolute atomic E-state index is 0.0256. The van der Waals surface area contributed by atoms with E-state index in [9.17, 15) is 10.1 Å². The van der Waals surface area contributed by atoms with Gasteiger partial charge in [0.05, 0.1) is 10.4 Å². The Morgan fingerprint density at radius 3 is 2.58 bits per heavy atom. The molecule has 0 radical (unpaired) electrons. The van der Waals surface area contributed by atoms with Crippen LogP contribution in [0.25, 0.3) is 10.9 Å². The van der Waals surface area contributed by atoms with Gasteiger partial charge in [0.1, 0.15) is 17.8 Å². The van der Waals surface area contributed by atoms with Crippen LogP contribution < -0.4 is 10.6 Å². The summed E-state index contributed by atoms with van der Waals surface area (Å²) in [5.41, 5.74) is 3.67. The second-order valence-corrected chi connectivity index (χ2v) is 7.86. The molecular weight excluding hydrogens is 392 g/mol. The summed E-state index contributed by atoms with van der Waals surface area (Å²) in [6.07, 6.45) is 5.34. The van der Waals surface area contributed by atoms with Crippen molar-refractivity contribution in [3.63, 3.8) is 0 Å². The largest absolute Gasteiger partial charge is 0.380 e. The van der Waals surface area contributed by atoms with Crippen molar-refractivity contribution in [3.05, 3.63) is 64.0 Å². The van der Waals surface area contributed by atoms with Gasteiger partial charge in [-0.2, -0.15) is 0 Å². The van der Waals surface area contributed by atoms with Gasteiger partial charge in [0.25, 0.3) is 5.69 Å². The molecule has 1 saturated heterocycles. The van der Waals surface area contributed by atoms with E-state index in [1.807, 2.05) is 13.0 Å². The molecule has 4 rings (SSSR count). The number of piperidine rings is 1. The number of nitro benzene ring substituents is 1. The van der Waals surface area contributed by atoms with Crippen molar-refractivity contribution in [2.75, 3.05) is 30.3 Å². The number of rotatable bonds is 8. The molecular formula is C23H28N6O2. The molecule has 0 atom stereocenters. The number of hydrogen-bond acceptors (Lipinski definition) is 7. The summed E-state index contributed by atoms with van der Waals surface area (Å²) >= 11 is 0. The Balaban J connectivity index is 1.58. The van der Waals surface area contributed by atoms with Crippen LogP contribution in [-0.4, -0.2) is 39.4 Å². The first-order chi connectivity index (χ1) is 15.2. The van der Waals surface area contributed by atoms with Gasteiger partial charge in [0.15, 0.2) is 0 Å². The molecule has 31 heavy (non-hydrogen) atoms. The molecule has 0 saturated carbocycles. The van der Waals surface area contributed by atoms with Crippen LogP contribution in [0.15, 0.2) is 42.7 Å². The van der Waals surface area contributed by atoms with Crippen LogP contribution in [0.4, 0.5) is 17.2 Å². The van der Waals surface area contributed by atoms with Gasteiger partial charge in [-0.1, -0.05) is 30.7 Å². The van der Waals surface area contributed by atoms with Crippen LogP contribution in [-0.2, 0) is 13.1 Å². The summed E-state index contributed by atoms with van der Waals surface area (Å²) in [7, 11) is 0. The molecule has 0 spiro atoms. The molecule has 1 aliphatic rings. The van der Waals surface area contributed by atoms with E-state index in [0.717, 1.165) is 19.6 Å². The number of nitrogens with one attached hydrogen (secondary N) is 2. The first-order valence-electron chi connectivity index (χ1n) is 10.9. The highest BCUT2D eigenvalue weighted by molar-refractivity contribution is 5.94. The Morgan fingerprint density at radius 2 is 1.84 bits per heavy atom. The molecule has 1 aromatic heterocycles. The van der Waals surface area contributed by atoms with Crippen LogP contribution in [0.3, 0.4) is 0 Å². The zero-order valence-corrected chi connectivity index (χ0v) is 17.8. The third kappa shape index (κ3) is 4.91. The summed E-state index contributed by atoms with van der Waals surface area (Å²) in [4.78, 5) is 22.4. The summed E-state index contributed by atoms with van der Waals surface area (Å²) < 4.78 is 0. The second kappa shape index (κ2) is 9.70. The van der Waals surface area contributed by atoms with E-state index in [1.54, 1.807) is 12.1 Å². The van der Waals surface area contributed by atoms with Crippen LogP contribution in [0.5, 0.6) is 0 Å². The predicted octanol–water partition coefficient (Wildman–Crippen LogP) is 4.57. The van der Waals surface area contributed by atoms with Gasteiger partial charge in [0.2, 0.25) is 0 Å². The summed E-state index contributed by atoms with van der Waals surface area (Å²) in [5.74, 6) is 0.601. The van der Waals surface area contributed by atoms with Crippen LogP contribution in [0.2, 0.25) is 0 Å². The Hall–Kier alpha value is -3.26. The highest BCUT2D eigenvalue weighted by atomic mass is 16.6. The molecule has 3 aromatic rings. The quantitative estimate of drug-likeness (QED) is 0.407. The summed E-state index contributed by atoms with van der Waals surface area (Å²) in [6, 6.07) is 11.7. The highest BCUT2D eigenvalue weighted by Crippen LogP contribution is 2.32. The molecule has 1 aliphatic heterocycles. The average molecular weight is 421 g/mol. The van der Waals surface area contributed by atoms with Gasteiger partial charge >= 0.3 is 0 Å². The number of anilines is 2. The van der Waals surface area contributed by atoms with E-state index >= 15 is 0 Å². The van der Waals surface area contributed by atoms with Crippen LogP contribution in [0, 0.1) is 10.1 Å². The van der Waals surface area contributed by atoms with Crippen molar-refractivity contribution in [2.24, 2.45) is 0 Å². The van der Waals surface area contributed by atoms with E-state index in [0.29, 0.717) is 35.5 Å². The van der Waals surface area contributed by atoms with Gasteiger partial charge in [-0.15, -0.1) is 0 Å². The monoisotopic (exact) mass is 420 g/mol. The number of nitrogens with zero attached hydrogens (tertiary/aromatic N) is 4. The molecule has 0 unspecified atom stereocenters.